The number of hydrogen-bond donors (Lipinski definition) is 4. The molecule has 0 radical (unpaired) electrons. The Bertz CT molecular complexity index is 5840. The number of alkyl halides is 12. The van der Waals surface area contributed by atoms with Crippen LogP contribution in [0.1, 0.15) is 139 Å². The van der Waals surface area contributed by atoms with Crippen LogP contribution >= 0.6 is 15.9 Å². The molecule has 0 fully saturated rings. The number of carbonyl (C=O) groups is 5. The Labute approximate surface area is 790 Å². The molecule has 0 saturated heterocycles. The van der Waals surface area contributed by atoms with Crippen molar-refractivity contribution in [3.8, 4) is 67.5 Å². The molecule has 137 heavy (non-hydrogen) atoms. The average molecular weight is 1960 g/mol. The third-order valence-corrected chi connectivity index (χ3v) is 22.5. The van der Waals surface area contributed by atoms with Crippen molar-refractivity contribution in [2.45, 2.75) is 123 Å². The monoisotopic (exact) mass is 1960 g/mol. The summed E-state index contributed by atoms with van der Waals surface area (Å²) >= 11 is 3.03. The molecule has 0 unspecified atom stereocenters. The number of carbonyl (C=O) groups excluding carboxylic acids is 4. The number of carboxylic acid groups (broad SMARTS) is 1. The fraction of sp³-hybridized carbons (Fsp3) is 0.229. The number of aromatic carboxylic acids is 1. The number of amides is 4. The van der Waals surface area contributed by atoms with Gasteiger partial charge < -0.3 is 54.5 Å². The first-order valence-corrected chi connectivity index (χ1v) is 43.5. The van der Waals surface area contributed by atoms with Crippen molar-refractivity contribution in [3.05, 3.63) is 380 Å². The van der Waals surface area contributed by atoms with E-state index in [9.17, 15) is 81.0 Å². The van der Waals surface area contributed by atoms with Crippen molar-refractivity contribution in [1.82, 2.24) is 35.3 Å². The van der Waals surface area contributed by atoms with Crippen molar-refractivity contribution in [2.75, 3.05) is 33.0 Å². The molecule has 4 aliphatic rings. The molecule has 18 nitrogen and oxygen atoms in total. The summed E-state index contributed by atoms with van der Waals surface area (Å²) in [6, 6.07) is 74.5. The van der Waals surface area contributed by atoms with Crippen LogP contribution in [0.3, 0.4) is 0 Å². The molecule has 0 bridgehead atoms. The average Bonchev–Trinajstić information content (AvgIpc) is 1.53. The maximum Gasteiger partial charge on any atom is 0.416 e. The molecule has 4 N–H and O–H groups in total. The maximum atomic E-state index is 13.3. The molecular weight excluding hydrogens is 1860 g/mol. The van der Waals surface area contributed by atoms with Crippen LogP contribution in [0.4, 0.5) is 57.1 Å². The highest BCUT2D eigenvalue weighted by Gasteiger charge is 2.37. The quantitative estimate of drug-likeness (QED) is 0.0701. The second-order valence-electron chi connectivity index (χ2n) is 32.1. The van der Waals surface area contributed by atoms with E-state index in [0.717, 1.165) is 72.3 Å². The van der Waals surface area contributed by atoms with Gasteiger partial charge in [-0.15, -0.1) is 0 Å². The zero-order chi connectivity index (χ0) is 97.8. The number of nitrogens with one attached hydrogen (secondary N) is 2. The molecule has 32 heteroatoms. The molecule has 4 aliphatic heterocycles. The molecular formula is C105H95BrF13N7O11. The predicted octanol–water partition coefficient (Wildman–Crippen LogP) is 24.1. The van der Waals surface area contributed by atoms with Gasteiger partial charge in [0.2, 0.25) is 0 Å². The smallest absolute Gasteiger partial charge is 0.416 e. The van der Waals surface area contributed by atoms with E-state index in [1.165, 1.54) is 66.2 Å². The molecule has 5 atom stereocenters. The number of benzene rings is 12. The van der Waals surface area contributed by atoms with Gasteiger partial charge in [0.25, 0.3) is 23.6 Å². The number of ether oxygens (including phenoxy) is 4. The number of aliphatic hydroxyl groups excluding tert-OH is 1. The van der Waals surface area contributed by atoms with Crippen LogP contribution in [0.5, 0.6) is 23.0 Å². The third-order valence-electron chi connectivity index (χ3n) is 22.0. The van der Waals surface area contributed by atoms with Gasteiger partial charge in [0.1, 0.15) is 61.1 Å². The number of halogens is 14. The first kappa shape index (κ1) is 103. The van der Waals surface area contributed by atoms with Crippen LogP contribution in [0, 0.1) is 5.82 Å². The van der Waals surface area contributed by atoms with Gasteiger partial charge >= 0.3 is 30.7 Å². The van der Waals surface area contributed by atoms with E-state index in [1.807, 2.05) is 113 Å². The minimum atomic E-state index is -4.40. The normalized spacial score (nSPS) is 15.8. The number of aromatic nitrogens is 2. The first-order valence-electron chi connectivity index (χ1n) is 42.7. The topological polar surface area (TPSA) is 222 Å². The number of hydrogen-bond acceptors (Lipinski definition) is 13. The summed E-state index contributed by atoms with van der Waals surface area (Å²) in [5.41, 5.74) is 6.67. The van der Waals surface area contributed by atoms with Crippen molar-refractivity contribution < 1.29 is 110 Å². The van der Waals surface area contributed by atoms with Crippen LogP contribution in [-0.4, -0.2) is 128 Å². The summed E-state index contributed by atoms with van der Waals surface area (Å²) in [6.45, 7) is 13.1. The number of carboxylic acids is 1. The van der Waals surface area contributed by atoms with Crippen LogP contribution in [0.2, 0.25) is 0 Å². The van der Waals surface area contributed by atoms with Gasteiger partial charge in [-0.1, -0.05) is 187 Å². The van der Waals surface area contributed by atoms with Crippen LogP contribution < -0.4 is 29.6 Å². The Morgan fingerprint density at radius 3 is 1.04 bits per heavy atom. The molecule has 0 spiro atoms. The van der Waals surface area contributed by atoms with Gasteiger partial charge in [0.05, 0.1) is 87.4 Å². The highest BCUT2D eigenvalue weighted by Crippen LogP contribution is 2.41. The van der Waals surface area contributed by atoms with E-state index in [2.05, 4.69) is 48.7 Å². The summed E-state index contributed by atoms with van der Waals surface area (Å²) in [6.07, 6.45) is -14.3. The number of aliphatic hydroxyl groups is 1. The minimum absolute atomic E-state index is 0. The van der Waals surface area contributed by atoms with E-state index in [1.54, 1.807) is 106 Å². The lowest BCUT2D eigenvalue weighted by atomic mass is 10.00. The zero-order valence-corrected chi connectivity index (χ0v) is 75.2. The summed E-state index contributed by atoms with van der Waals surface area (Å²) in [7, 11) is 0. The second kappa shape index (κ2) is 46.3. The lowest BCUT2D eigenvalue weighted by Gasteiger charge is -2.26. The molecule has 0 saturated carbocycles. The molecule has 0 aliphatic carbocycles. The zero-order valence-electron chi connectivity index (χ0n) is 73.6. The fourth-order valence-corrected chi connectivity index (χ4v) is 14.7. The largest absolute Gasteiger partial charge is 0.491 e. The van der Waals surface area contributed by atoms with Crippen molar-refractivity contribution in [2.24, 2.45) is 0 Å². The van der Waals surface area contributed by atoms with E-state index < -0.39 is 58.7 Å². The lowest BCUT2D eigenvalue weighted by Crippen LogP contribution is -2.39. The number of fused-ring (bicyclic) bond motifs is 4. The number of nitrogens with zero attached hydrogens (tertiary/aromatic N) is 5. The second-order valence-corrected chi connectivity index (χ2v) is 33.0. The van der Waals surface area contributed by atoms with Gasteiger partial charge in [-0.3, -0.25) is 19.2 Å². The SMILES string of the molecule is C.C[C@@H](CO)NCc1ccccc1.C[C@H]1COc2ccc(-c3ccc(C(F)(F)F)cc3)cc2C(=O)N1.C[C@H]1COc2ccc(-c3ccc(C(F)(F)F)cc3)cc2C(=O)N1Cc1ccccc1.C[C@H]1COc2ccc(-c3ccc(C(F)(F)F)cc3)cc2C(=O)N1Cc1ccccc1.C[C@H]1COc2ccc(-c3ccc(C(F)(F)F)cc3)cc2C(=O)N1Cc1ncccn1.O=C(O)c1cc(Br)ccc1F. The molecule has 4 amide bonds. The molecule has 5 heterocycles. The Morgan fingerprint density at radius 1 is 0.416 bits per heavy atom. The lowest BCUT2D eigenvalue weighted by molar-refractivity contribution is -0.138. The van der Waals surface area contributed by atoms with E-state index in [4.69, 9.17) is 29.2 Å². The molecule has 714 valence electrons. The summed E-state index contributed by atoms with van der Waals surface area (Å²) < 4.78 is 190. The van der Waals surface area contributed by atoms with Gasteiger partial charge in [-0.25, -0.2) is 19.2 Å². The first-order chi connectivity index (χ1) is 64.8. The van der Waals surface area contributed by atoms with Crippen molar-refractivity contribution >= 4 is 45.5 Å². The maximum absolute atomic E-state index is 13.3. The fourth-order valence-electron chi connectivity index (χ4n) is 14.4. The van der Waals surface area contributed by atoms with Gasteiger partial charge in [-0.05, 0) is 217 Å². The highest BCUT2D eigenvalue weighted by molar-refractivity contribution is 9.10. The van der Waals surface area contributed by atoms with E-state index in [-0.39, 0.29) is 80.0 Å². The Balaban J connectivity index is 0.000000163. The number of rotatable bonds is 15. The van der Waals surface area contributed by atoms with E-state index >= 15 is 0 Å². The van der Waals surface area contributed by atoms with Crippen LogP contribution in [0.15, 0.2) is 302 Å². The van der Waals surface area contributed by atoms with Gasteiger partial charge in [0.15, 0.2) is 0 Å². The van der Waals surface area contributed by atoms with Crippen molar-refractivity contribution in [3.63, 3.8) is 0 Å². The van der Waals surface area contributed by atoms with Crippen LogP contribution in [0.25, 0.3) is 44.5 Å². The molecule has 12 aromatic carbocycles. The highest BCUT2D eigenvalue weighted by atomic mass is 79.9. The summed E-state index contributed by atoms with van der Waals surface area (Å²) in [5, 5.41) is 23.2. The van der Waals surface area contributed by atoms with Crippen molar-refractivity contribution in [1.29, 1.82) is 0 Å². The Kier molecular flexibility index (Phi) is 34.9. The third kappa shape index (κ3) is 28.0. The van der Waals surface area contributed by atoms with Gasteiger partial charge in [-0.2, -0.15) is 52.7 Å². The van der Waals surface area contributed by atoms with Gasteiger partial charge in [0, 0.05) is 42.5 Å². The molecule has 17 rings (SSSR count). The predicted molar refractivity (Wildman–Crippen MR) is 497 cm³/mol. The Hall–Kier alpha value is -14.2. The summed E-state index contributed by atoms with van der Waals surface area (Å²) in [4.78, 5) is 75.9. The van der Waals surface area contributed by atoms with Crippen LogP contribution in [-0.2, 0) is 50.9 Å². The molecule has 1 aromatic heterocycles. The standard InChI is InChI=1S/2C24H20F3NO2.C22H18F3N3O2.C17H14F3NO2.C10H15NO.C7H4BrFO2.CH4/c2*1-16-15-30-22-12-9-19(18-7-10-20(11-8-18)24(25,26)27)13-21(22)23(29)28(16)14-17-5-3-2-4-6-17;1-14-13-30-19-8-5-16(15-3-6-17(7-4-15)22(23,24)25)11-18(19)21(29)28(14)12-20-26-9-2-10-27-20;1-10-9-23-15-7-4-12(8-14(15)16(22)21-10)11-2-5-13(6-3-11)17(18,19)20;1-9(8-12)11-7-10-5-3-2-4-6-10;8-4-1-2-6(9)5(3-4)7(10)11;/h2*2-13,16H,14-15H2,1H3;2-11,14H,12-13H2,1H3;2-8,10H,9H2,1H3,(H,21,22);2-6,9,11-12H,7-8H2,1H3;1-3H,(H,10,11);1H4/t2*16-;14-;10-;9-;;/m00000../s1. The molecule has 13 aromatic rings. The van der Waals surface area contributed by atoms with E-state index in [0.29, 0.717) is 140 Å². The minimum Gasteiger partial charge on any atom is -0.491 e. The summed E-state index contributed by atoms with van der Waals surface area (Å²) in [5.74, 6) is -0.391. The Morgan fingerprint density at radius 2 is 0.723 bits per heavy atom.